The highest BCUT2D eigenvalue weighted by Gasteiger charge is 1.97. The molecule has 3 heteroatoms. The maximum atomic E-state index is 5.63. The van der Waals surface area contributed by atoms with Crippen molar-refractivity contribution in [1.82, 2.24) is 0 Å². The van der Waals surface area contributed by atoms with E-state index in [0.29, 0.717) is 0 Å². The average molecular weight is 264 g/mol. The lowest BCUT2D eigenvalue weighted by Gasteiger charge is -2.05. The molecule has 0 bridgehead atoms. The number of ether oxygens (including phenoxy) is 1. The van der Waals surface area contributed by atoms with Crippen LogP contribution in [0, 0.1) is 0 Å². The van der Waals surface area contributed by atoms with E-state index < -0.39 is 0 Å². The van der Waals surface area contributed by atoms with Crippen LogP contribution in [0.5, 0.6) is 11.5 Å². The van der Waals surface area contributed by atoms with Gasteiger partial charge in [-0.25, -0.2) is 0 Å². The van der Waals surface area contributed by atoms with E-state index in [0.717, 1.165) is 21.7 Å². The molecule has 0 aliphatic heterocycles. The highest BCUT2D eigenvalue weighted by atomic mass is 79.9. The molecule has 76 valence electrons. The summed E-state index contributed by atoms with van der Waals surface area (Å²) in [7, 11) is 0. The summed E-state index contributed by atoms with van der Waals surface area (Å²) >= 11 is 3.39. The number of anilines is 1. The Hall–Kier alpha value is -1.48. The summed E-state index contributed by atoms with van der Waals surface area (Å²) in [5.74, 6) is 1.58. The van der Waals surface area contributed by atoms with E-state index in [1.54, 1.807) is 0 Å². The second kappa shape index (κ2) is 4.36. The third-order valence-electron chi connectivity index (χ3n) is 1.91. The summed E-state index contributed by atoms with van der Waals surface area (Å²) in [6.07, 6.45) is 0. The summed E-state index contributed by atoms with van der Waals surface area (Å²) < 4.78 is 6.62. The van der Waals surface area contributed by atoms with Gasteiger partial charge in [-0.3, -0.25) is 0 Å². The van der Waals surface area contributed by atoms with Crippen molar-refractivity contribution in [2.24, 2.45) is 0 Å². The van der Waals surface area contributed by atoms with Gasteiger partial charge in [-0.05, 0) is 42.5 Å². The zero-order valence-corrected chi connectivity index (χ0v) is 9.57. The van der Waals surface area contributed by atoms with Crippen molar-refractivity contribution in [1.29, 1.82) is 0 Å². The number of nitrogens with two attached hydrogens (primary N) is 1. The molecule has 0 saturated heterocycles. The molecule has 0 aliphatic rings. The van der Waals surface area contributed by atoms with Crippen LogP contribution < -0.4 is 10.5 Å². The van der Waals surface area contributed by atoms with Crippen LogP contribution in [0.15, 0.2) is 53.0 Å². The lowest BCUT2D eigenvalue weighted by atomic mass is 10.3. The highest BCUT2D eigenvalue weighted by Crippen LogP contribution is 2.24. The van der Waals surface area contributed by atoms with E-state index in [1.165, 1.54) is 0 Å². The predicted molar refractivity (Wildman–Crippen MR) is 65.1 cm³/mol. The number of hydrogen-bond acceptors (Lipinski definition) is 2. The van der Waals surface area contributed by atoms with Gasteiger partial charge in [0.15, 0.2) is 0 Å². The van der Waals surface area contributed by atoms with Crippen molar-refractivity contribution in [3.05, 3.63) is 53.0 Å². The average Bonchev–Trinajstić information content (AvgIpc) is 2.22. The molecule has 0 atom stereocenters. The molecule has 15 heavy (non-hydrogen) atoms. The molecule has 2 aromatic carbocycles. The zero-order chi connectivity index (χ0) is 10.7. The quantitative estimate of drug-likeness (QED) is 0.837. The van der Waals surface area contributed by atoms with E-state index in [9.17, 15) is 0 Å². The van der Waals surface area contributed by atoms with Gasteiger partial charge in [0.1, 0.15) is 11.5 Å². The summed E-state index contributed by atoms with van der Waals surface area (Å²) in [5, 5.41) is 0. The first-order valence-electron chi connectivity index (χ1n) is 4.53. The Kier molecular flexibility index (Phi) is 2.92. The van der Waals surface area contributed by atoms with Gasteiger partial charge in [-0.15, -0.1) is 0 Å². The summed E-state index contributed by atoms with van der Waals surface area (Å²) in [6.45, 7) is 0. The number of benzene rings is 2. The molecule has 0 spiro atoms. The molecule has 0 amide bonds. The Morgan fingerprint density at radius 3 is 2.33 bits per heavy atom. The Morgan fingerprint density at radius 1 is 0.933 bits per heavy atom. The zero-order valence-electron chi connectivity index (χ0n) is 7.98. The van der Waals surface area contributed by atoms with Crippen LogP contribution in [0.25, 0.3) is 0 Å². The van der Waals surface area contributed by atoms with Gasteiger partial charge in [0, 0.05) is 10.2 Å². The van der Waals surface area contributed by atoms with Crippen LogP contribution in [-0.4, -0.2) is 0 Å². The molecule has 2 nitrogen and oxygen atoms in total. The molecule has 0 fully saturated rings. The number of hydrogen-bond donors (Lipinski definition) is 1. The fourth-order valence-electron chi connectivity index (χ4n) is 1.20. The fraction of sp³-hybridized carbons (Fsp3) is 0. The van der Waals surface area contributed by atoms with E-state index in [4.69, 9.17) is 10.5 Å². The third kappa shape index (κ3) is 2.73. The van der Waals surface area contributed by atoms with Crippen molar-refractivity contribution >= 4 is 21.6 Å². The molecule has 0 aliphatic carbocycles. The summed E-state index contributed by atoms with van der Waals surface area (Å²) in [5.41, 5.74) is 6.31. The number of rotatable bonds is 2. The Balaban J connectivity index is 2.18. The second-order valence-electron chi connectivity index (χ2n) is 3.13. The third-order valence-corrected chi connectivity index (χ3v) is 2.41. The van der Waals surface area contributed by atoms with Gasteiger partial charge in [0.05, 0.1) is 0 Å². The minimum atomic E-state index is 0.733. The van der Waals surface area contributed by atoms with Gasteiger partial charge < -0.3 is 10.5 Å². The Morgan fingerprint density at radius 2 is 1.67 bits per heavy atom. The fourth-order valence-corrected chi connectivity index (χ4v) is 1.58. The molecule has 0 radical (unpaired) electrons. The normalized spacial score (nSPS) is 9.93. The molecule has 0 unspecified atom stereocenters. The van der Waals surface area contributed by atoms with Gasteiger partial charge in [-0.2, -0.15) is 0 Å². The van der Waals surface area contributed by atoms with Crippen LogP contribution >= 0.6 is 15.9 Å². The molecule has 0 aromatic heterocycles. The van der Waals surface area contributed by atoms with Crippen LogP contribution in [0.2, 0.25) is 0 Å². The first-order valence-corrected chi connectivity index (χ1v) is 5.32. The standard InChI is InChI=1S/C12H10BrNO/c13-9-2-1-3-12(8-9)15-11-6-4-10(14)5-7-11/h1-8H,14H2. The number of halogens is 1. The second-order valence-corrected chi connectivity index (χ2v) is 4.04. The summed E-state index contributed by atoms with van der Waals surface area (Å²) in [6, 6.07) is 15.0. The molecule has 0 saturated carbocycles. The first-order chi connectivity index (χ1) is 7.24. The van der Waals surface area contributed by atoms with Crippen LogP contribution in [0.4, 0.5) is 5.69 Å². The lowest BCUT2D eigenvalue weighted by Crippen LogP contribution is -1.86. The SMILES string of the molecule is Nc1ccc(Oc2cccc(Br)c2)cc1. The molecular formula is C12H10BrNO. The maximum absolute atomic E-state index is 5.63. The smallest absolute Gasteiger partial charge is 0.128 e. The van der Waals surface area contributed by atoms with Gasteiger partial charge >= 0.3 is 0 Å². The topological polar surface area (TPSA) is 35.2 Å². The van der Waals surface area contributed by atoms with Crippen molar-refractivity contribution in [2.45, 2.75) is 0 Å². The Bertz CT molecular complexity index is 453. The predicted octanol–water partition coefficient (Wildman–Crippen LogP) is 3.82. The van der Waals surface area contributed by atoms with Crippen LogP contribution in [-0.2, 0) is 0 Å². The van der Waals surface area contributed by atoms with Crippen molar-refractivity contribution in [2.75, 3.05) is 5.73 Å². The monoisotopic (exact) mass is 263 g/mol. The summed E-state index contributed by atoms with van der Waals surface area (Å²) in [4.78, 5) is 0. The first kappa shape index (κ1) is 10.1. The molecule has 2 rings (SSSR count). The molecule has 2 aromatic rings. The molecule has 0 heterocycles. The maximum Gasteiger partial charge on any atom is 0.128 e. The highest BCUT2D eigenvalue weighted by molar-refractivity contribution is 9.10. The van der Waals surface area contributed by atoms with Gasteiger partial charge in [-0.1, -0.05) is 22.0 Å². The van der Waals surface area contributed by atoms with Crippen molar-refractivity contribution in [3.63, 3.8) is 0 Å². The lowest BCUT2D eigenvalue weighted by molar-refractivity contribution is 0.482. The van der Waals surface area contributed by atoms with Crippen LogP contribution in [0.1, 0.15) is 0 Å². The van der Waals surface area contributed by atoms with Gasteiger partial charge in [0.25, 0.3) is 0 Å². The van der Waals surface area contributed by atoms with E-state index in [-0.39, 0.29) is 0 Å². The van der Waals surface area contributed by atoms with Crippen LogP contribution in [0.3, 0.4) is 0 Å². The van der Waals surface area contributed by atoms with Crippen molar-refractivity contribution in [3.8, 4) is 11.5 Å². The number of nitrogen functional groups attached to an aromatic ring is 1. The minimum Gasteiger partial charge on any atom is -0.457 e. The van der Waals surface area contributed by atoms with E-state index >= 15 is 0 Å². The minimum absolute atomic E-state index is 0.733. The van der Waals surface area contributed by atoms with Gasteiger partial charge in [0.2, 0.25) is 0 Å². The van der Waals surface area contributed by atoms with E-state index in [2.05, 4.69) is 15.9 Å². The Labute approximate surface area is 96.8 Å². The van der Waals surface area contributed by atoms with Crippen molar-refractivity contribution < 1.29 is 4.74 Å². The largest absolute Gasteiger partial charge is 0.457 e. The van der Waals surface area contributed by atoms with E-state index in [1.807, 2.05) is 48.5 Å². The molecule has 2 N–H and O–H groups in total. The molecular weight excluding hydrogens is 254 g/mol.